The second kappa shape index (κ2) is 10.2. The summed E-state index contributed by atoms with van der Waals surface area (Å²) in [5.74, 6) is 0.496. The third-order valence-corrected chi connectivity index (χ3v) is 7.21. The quantitative estimate of drug-likeness (QED) is 0.203. The topological polar surface area (TPSA) is 109 Å². The van der Waals surface area contributed by atoms with Crippen LogP contribution in [0.2, 0.25) is 5.02 Å². The van der Waals surface area contributed by atoms with Crippen LogP contribution in [-0.2, 0) is 0 Å². The highest BCUT2D eigenvalue weighted by atomic mass is 35.5. The molecule has 170 valence electrons. The maximum Gasteiger partial charge on any atom is 0.270 e. The minimum Gasteiger partial charge on any atom is -0.497 e. The summed E-state index contributed by atoms with van der Waals surface area (Å²) < 4.78 is 5.23. The Balaban J connectivity index is 1.58. The first-order chi connectivity index (χ1) is 16.4. The van der Waals surface area contributed by atoms with E-state index in [1.807, 2.05) is 18.2 Å². The molecule has 0 aliphatic heterocycles. The van der Waals surface area contributed by atoms with Gasteiger partial charge in [-0.25, -0.2) is 9.97 Å². The standard InChI is InChI=1S/C24H17ClN4O3S2/c1-13-21(34-23(27-13)14-6-8-16(25)9-7-14)19(30)12-33-24-28-20(18(11-26)22(31)29-24)15-4-3-5-17(10-15)32-2/h3-10H,12H2,1-2H3,(H,28,29,31). The van der Waals surface area contributed by atoms with Gasteiger partial charge in [-0.3, -0.25) is 9.59 Å². The SMILES string of the molecule is COc1cccc(-c2nc(SCC(=O)c3sc(-c4ccc(Cl)cc4)nc3C)[nH]c(=O)c2C#N)c1. The second-order valence-electron chi connectivity index (χ2n) is 7.09. The van der Waals surface area contributed by atoms with E-state index in [9.17, 15) is 14.9 Å². The van der Waals surface area contributed by atoms with Gasteiger partial charge in [0.25, 0.3) is 5.56 Å². The van der Waals surface area contributed by atoms with Crippen LogP contribution in [0, 0.1) is 18.3 Å². The minimum absolute atomic E-state index is 0.0511. The largest absolute Gasteiger partial charge is 0.497 e. The molecule has 2 aromatic heterocycles. The number of aryl methyl sites for hydroxylation is 1. The van der Waals surface area contributed by atoms with Crippen LogP contribution in [-0.4, -0.2) is 33.6 Å². The number of nitriles is 1. The summed E-state index contributed by atoms with van der Waals surface area (Å²) in [6.07, 6.45) is 0. The second-order valence-corrected chi connectivity index (χ2v) is 9.49. The van der Waals surface area contributed by atoms with Gasteiger partial charge < -0.3 is 9.72 Å². The van der Waals surface area contributed by atoms with Crippen molar-refractivity contribution in [3.8, 4) is 33.6 Å². The summed E-state index contributed by atoms with van der Waals surface area (Å²) in [5, 5.41) is 11.1. The number of carbonyl (C=O) groups is 1. The Morgan fingerprint density at radius 2 is 1.97 bits per heavy atom. The van der Waals surface area contributed by atoms with Gasteiger partial charge in [0.05, 0.1) is 29.1 Å². The molecule has 4 rings (SSSR count). The molecule has 0 aliphatic carbocycles. The van der Waals surface area contributed by atoms with Crippen molar-refractivity contribution in [2.24, 2.45) is 0 Å². The lowest BCUT2D eigenvalue weighted by Gasteiger charge is -2.07. The number of aromatic nitrogens is 3. The first kappa shape index (κ1) is 23.7. The highest BCUT2D eigenvalue weighted by molar-refractivity contribution is 7.99. The number of nitrogens with one attached hydrogen (secondary N) is 1. The molecule has 0 atom stereocenters. The van der Waals surface area contributed by atoms with Gasteiger partial charge in [0, 0.05) is 16.1 Å². The molecule has 0 radical (unpaired) electrons. The van der Waals surface area contributed by atoms with Gasteiger partial charge in [-0.15, -0.1) is 11.3 Å². The van der Waals surface area contributed by atoms with Gasteiger partial charge in [-0.2, -0.15) is 5.26 Å². The van der Waals surface area contributed by atoms with E-state index in [4.69, 9.17) is 16.3 Å². The number of aromatic amines is 1. The molecule has 0 amide bonds. The van der Waals surface area contributed by atoms with Gasteiger partial charge in [0.15, 0.2) is 10.9 Å². The molecule has 2 aromatic carbocycles. The van der Waals surface area contributed by atoms with Gasteiger partial charge >= 0.3 is 0 Å². The van der Waals surface area contributed by atoms with Crippen LogP contribution in [0.5, 0.6) is 5.75 Å². The van der Waals surface area contributed by atoms with Crippen molar-refractivity contribution in [1.29, 1.82) is 5.26 Å². The predicted octanol–water partition coefficient (Wildman–Crippen LogP) is 5.38. The van der Waals surface area contributed by atoms with Gasteiger partial charge in [0.2, 0.25) is 0 Å². The summed E-state index contributed by atoms with van der Waals surface area (Å²) in [5.41, 5.74) is 1.66. The molecule has 0 unspecified atom stereocenters. The number of ether oxygens (including phenoxy) is 1. The number of carbonyl (C=O) groups excluding carboxylic acids is 1. The number of hydrogen-bond acceptors (Lipinski definition) is 8. The summed E-state index contributed by atoms with van der Waals surface area (Å²) >= 11 is 8.36. The Morgan fingerprint density at radius 1 is 1.21 bits per heavy atom. The molecule has 1 N–H and O–H groups in total. The Labute approximate surface area is 208 Å². The molecule has 34 heavy (non-hydrogen) atoms. The highest BCUT2D eigenvalue weighted by Crippen LogP contribution is 2.30. The summed E-state index contributed by atoms with van der Waals surface area (Å²) in [6, 6.07) is 16.1. The summed E-state index contributed by atoms with van der Waals surface area (Å²) in [7, 11) is 1.53. The van der Waals surface area contributed by atoms with Gasteiger partial charge in [-0.1, -0.05) is 47.6 Å². The van der Waals surface area contributed by atoms with Crippen molar-refractivity contribution in [2.75, 3.05) is 12.9 Å². The maximum atomic E-state index is 12.9. The van der Waals surface area contributed by atoms with Gasteiger partial charge in [0.1, 0.15) is 22.4 Å². The van der Waals surface area contributed by atoms with Crippen LogP contribution in [0.4, 0.5) is 0 Å². The number of thioether (sulfide) groups is 1. The molecular weight excluding hydrogens is 492 g/mol. The summed E-state index contributed by atoms with van der Waals surface area (Å²) in [4.78, 5) is 37.5. The van der Waals surface area contributed by atoms with Crippen LogP contribution in [0.1, 0.15) is 20.9 Å². The number of nitrogens with zero attached hydrogens (tertiary/aromatic N) is 3. The Kier molecular flexibility index (Phi) is 7.12. The van der Waals surface area contributed by atoms with Crippen LogP contribution in [0.25, 0.3) is 21.8 Å². The van der Waals surface area contributed by atoms with Crippen molar-refractivity contribution in [2.45, 2.75) is 12.1 Å². The molecular formula is C24H17ClN4O3S2. The zero-order chi connectivity index (χ0) is 24.2. The molecule has 0 bridgehead atoms. The van der Waals surface area contributed by atoms with E-state index in [1.165, 1.54) is 18.4 Å². The van der Waals surface area contributed by atoms with Crippen LogP contribution >= 0.6 is 34.7 Å². The van der Waals surface area contributed by atoms with Crippen molar-refractivity contribution in [3.05, 3.63) is 80.0 Å². The monoisotopic (exact) mass is 508 g/mol. The fourth-order valence-corrected chi connectivity index (χ4v) is 5.13. The first-order valence-electron chi connectivity index (χ1n) is 9.97. The van der Waals surface area contributed by atoms with E-state index in [1.54, 1.807) is 43.3 Å². The van der Waals surface area contributed by atoms with Crippen molar-refractivity contribution < 1.29 is 9.53 Å². The van der Waals surface area contributed by atoms with Crippen LogP contribution in [0.15, 0.2) is 58.5 Å². The number of hydrogen-bond donors (Lipinski definition) is 1. The van der Waals surface area contributed by atoms with E-state index in [2.05, 4.69) is 15.0 Å². The van der Waals surface area contributed by atoms with Crippen molar-refractivity contribution in [3.63, 3.8) is 0 Å². The average molecular weight is 509 g/mol. The maximum absolute atomic E-state index is 12.9. The lowest BCUT2D eigenvalue weighted by Crippen LogP contribution is -2.15. The number of Topliss-reactive ketones (excluding diaryl/α,β-unsaturated/α-hetero) is 1. The number of methoxy groups -OCH3 is 1. The number of benzene rings is 2. The lowest BCUT2D eigenvalue weighted by molar-refractivity contribution is 0.102. The fraction of sp³-hybridized carbons (Fsp3) is 0.125. The van der Waals surface area contributed by atoms with E-state index >= 15 is 0 Å². The molecule has 7 nitrogen and oxygen atoms in total. The Hall–Kier alpha value is -3.45. The molecule has 0 aliphatic rings. The van der Waals surface area contributed by atoms with Crippen LogP contribution < -0.4 is 10.3 Å². The normalized spacial score (nSPS) is 10.6. The zero-order valence-corrected chi connectivity index (χ0v) is 20.5. The molecule has 2 heterocycles. The molecule has 0 saturated carbocycles. The van der Waals surface area contributed by atoms with Crippen molar-refractivity contribution in [1.82, 2.24) is 15.0 Å². The smallest absolute Gasteiger partial charge is 0.270 e. The molecule has 10 heteroatoms. The van der Waals surface area contributed by atoms with Gasteiger partial charge in [-0.05, 0) is 31.2 Å². The van der Waals surface area contributed by atoms with E-state index in [0.717, 1.165) is 22.3 Å². The average Bonchev–Trinajstić information content (AvgIpc) is 3.24. The zero-order valence-electron chi connectivity index (χ0n) is 18.1. The highest BCUT2D eigenvalue weighted by Gasteiger charge is 2.19. The van der Waals surface area contributed by atoms with Crippen LogP contribution in [0.3, 0.4) is 0 Å². The third-order valence-electron chi connectivity index (χ3n) is 4.83. The molecule has 0 fully saturated rings. The first-order valence-corrected chi connectivity index (χ1v) is 12.2. The Morgan fingerprint density at radius 3 is 2.68 bits per heavy atom. The summed E-state index contributed by atoms with van der Waals surface area (Å²) in [6.45, 7) is 1.79. The molecule has 0 saturated heterocycles. The predicted molar refractivity (Wildman–Crippen MR) is 134 cm³/mol. The van der Waals surface area contributed by atoms with E-state index < -0.39 is 5.56 Å². The number of rotatable bonds is 7. The number of thiazole rings is 1. The molecule has 0 spiro atoms. The lowest BCUT2D eigenvalue weighted by atomic mass is 10.1. The number of halogens is 1. The third kappa shape index (κ3) is 5.04. The van der Waals surface area contributed by atoms with E-state index in [0.29, 0.717) is 26.9 Å². The minimum atomic E-state index is -0.565. The Bertz CT molecular complexity index is 1470. The fourth-order valence-electron chi connectivity index (χ4n) is 3.17. The molecule has 4 aromatic rings. The van der Waals surface area contributed by atoms with Crippen molar-refractivity contribution >= 4 is 40.5 Å². The number of H-pyrrole nitrogens is 1. The van der Waals surface area contributed by atoms with E-state index in [-0.39, 0.29) is 27.9 Å². The number of ketones is 1.